The lowest BCUT2D eigenvalue weighted by Gasteiger charge is -2.45. The Balaban J connectivity index is 1.55. The number of methoxy groups -OCH3 is 1. The molecule has 0 amide bonds. The van der Waals surface area contributed by atoms with Crippen molar-refractivity contribution < 1.29 is 46.1 Å². The summed E-state index contributed by atoms with van der Waals surface area (Å²) in [5.74, 6) is -0.364. The number of carbonyl (C=O) groups excluding carboxylic acids is 1. The average molecular weight is 730 g/mol. The summed E-state index contributed by atoms with van der Waals surface area (Å²) >= 11 is 0. The van der Waals surface area contributed by atoms with E-state index in [0.717, 1.165) is 35.1 Å². The zero-order chi connectivity index (χ0) is 37.2. The number of fused-ring (bicyclic) bond motifs is 8. The molecule has 51 heavy (non-hydrogen) atoms. The minimum Gasteiger partial charge on any atom is -0.497 e. The van der Waals surface area contributed by atoms with Crippen LogP contribution in [-0.4, -0.2) is 66.7 Å². The molecule has 1 fully saturated rings. The fourth-order valence-corrected chi connectivity index (χ4v) is 8.51. The maximum Gasteiger partial charge on any atom is 0.573 e. The molecule has 2 bridgehead atoms. The van der Waals surface area contributed by atoms with Crippen molar-refractivity contribution in [2.24, 2.45) is 5.41 Å². The summed E-state index contributed by atoms with van der Waals surface area (Å²) in [4.78, 5) is 14.3. The number of allylic oxidation sites excluding steroid dienone is 2. The van der Waals surface area contributed by atoms with Crippen molar-refractivity contribution in [3.63, 3.8) is 0 Å². The van der Waals surface area contributed by atoms with Gasteiger partial charge in [-0.1, -0.05) is 42.8 Å². The first-order valence-corrected chi connectivity index (χ1v) is 18.9. The van der Waals surface area contributed by atoms with Gasteiger partial charge in [-0.15, -0.1) is 13.2 Å². The molecule has 12 heteroatoms. The van der Waals surface area contributed by atoms with Crippen LogP contribution in [0.2, 0.25) is 0 Å². The van der Waals surface area contributed by atoms with Crippen LogP contribution in [0, 0.1) is 5.41 Å². The highest BCUT2D eigenvalue weighted by Gasteiger charge is 2.58. The summed E-state index contributed by atoms with van der Waals surface area (Å²) in [5, 5.41) is 23.6. The van der Waals surface area contributed by atoms with Crippen molar-refractivity contribution in [3.8, 4) is 11.5 Å². The molecule has 276 valence electrons. The van der Waals surface area contributed by atoms with Crippen molar-refractivity contribution in [1.82, 2.24) is 4.31 Å². The number of hydrogen-bond acceptors (Lipinski definition) is 7. The number of alkyl halides is 3. The summed E-state index contributed by atoms with van der Waals surface area (Å²) in [5.41, 5.74) is 1.57. The molecular formula is C39H46F3NO7S. The van der Waals surface area contributed by atoms with E-state index in [0.29, 0.717) is 61.0 Å². The number of carbonyl (C=O) groups is 1. The third-order valence-corrected chi connectivity index (χ3v) is 11.9. The van der Waals surface area contributed by atoms with E-state index >= 15 is 0 Å². The molecule has 0 spiro atoms. The predicted molar refractivity (Wildman–Crippen MR) is 188 cm³/mol. The third kappa shape index (κ3) is 9.03. The molecule has 0 unspecified atom stereocenters. The van der Waals surface area contributed by atoms with Gasteiger partial charge in [-0.2, -0.15) is 4.31 Å². The highest BCUT2D eigenvalue weighted by molar-refractivity contribution is 7.88. The van der Waals surface area contributed by atoms with Gasteiger partial charge in [0.25, 0.3) is 0 Å². The summed E-state index contributed by atoms with van der Waals surface area (Å²) in [6.07, 6.45) is 1.06. The highest BCUT2D eigenvalue weighted by atomic mass is 32.2. The minimum atomic E-state index is -4.86. The molecule has 3 aliphatic carbocycles. The second-order valence-electron chi connectivity index (χ2n) is 14.2. The Kier molecular flexibility index (Phi) is 11.4. The number of ether oxygens (including phenoxy) is 2. The second-order valence-corrected chi connectivity index (χ2v) is 16.2. The van der Waals surface area contributed by atoms with Crippen LogP contribution in [0.3, 0.4) is 0 Å². The van der Waals surface area contributed by atoms with Crippen molar-refractivity contribution in [2.45, 2.75) is 89.3 Å². The number of nitrogens with zero attached hydrogens (tertiary/aromatic N) is 1. The SMILES string of the molecule is COc1ccc(C(=O)c2cc3ccc2[C@@H]2CC[C@@](O)(CN(Cc4ccc(OC(F)(F)F)cc4)S(C)(=O)=O)[C@@]2(C)CCC=C(C)CC[C@H](O)C3)cc1. The smallest absolute Gasteiger partial charge is 0.497 e. The number of ketones is 1. The molecule has 0 saturated heterocycles. The van der Waals surface area contributed by atoms with Gasteiger partial charge >= 0.3 is 6.36 Å². The van der Waals surface area contributed by atoms with E-state index in [-0.39, 0.29) is 31.2 Å². The third-order valence-electron chi connectivity index (χ3n) is 10.7. The first kappa shape index (κ1) is 38.5. The molecule has 3 aliphatic rings. The molecule has 3 aromatic rings. The van der Waals surface area contributed by atoms with Crippen LogP contribution < -0.4 is 9.47 Å². The van der Waals surface area contributed by atoms with Gasteiger partial charge in [0.2, 0.25) is 10.0 Å². The maximum atomic E-state index is 14.3. The Hall–Kier alpha value is -3.71. The molecule has 4 atom stereocenters. The Morgan fingerprint density at radius 3 is 2.29 bits per heavy atom. The second kappa shape index (κ2) is 15.1. The Morgan fingerprint density at radius 2 is 1.67 bits per heavy atom. The van der Waals surface area contributed by atoms with Crippen LogP contribution in [0.1, 0.15) is 90.9 Å². The largest absolute Gasteiger partial charge is 0.573 e. The van der Waals surface area contributed by atoms with E-state index in [4.69, 9.17) is 4.74 Å². The fraction of sp³-hybridized carbons (Fsp3) is 0.462. The van der Waals surface area contributed by atoms with E-state index in [2.05, 4.69) is 10.8 Å². The molecule has 8 nitrogen and oxygen atoms in total. The van der Waals surface area contributed by atoms with Gasteiger partial charge in [-0.3, -0.25) is 4.79 Å². The van der Waals surface area contributed by atoms with Crippen LogP contribution in [0.15, 0.2) is 78.4 Å². The fourth-order valence-electron chi connectivity index (χ4n) is 7.68. The number of hydrogen-bond donors (Lipinski definition) is 2. The number of aliphatic hydroxyl groups excluding tert-OH is 1. The number of rotatable bonds is 9. The van der Waals surface area contributed by atoms with Crippen LogP contribution >= 0.6 is 0 Å². The monoisotopic (exact) mass is 729 g/mol. The number of sulfonamides is 1. The molecule has 0 radical (unpaired) electrons. The summed E-state index contributed by atoms with van der Waals surface area (Å²) in [7, 11) is -2.36. The van der Waals surface area contributed by atoms with Gasteiger partial charge in [0.15, 0.2) is 5.78 Å². The number of halogens is 3. The lowest BCUT2D eigenvalue weighted by Crippen LogP contribution is -2.53. The molecule has 3 aromatic carbocycles. The predicted octanol–water partition coefficient (Wildman–Crippen LogP) is 7.33. The summed E-state index contributed by atoms with van der Waals surface area (Å²) < 4.78 is 75.1. The maximum absolute atomic E-state index is 14.3. The summed E-state index contributed by atoms with van der Waals surface area (Å²) in [6.45, 7) is 3.54. The van der Waals surface area contributed by atoms with Crippen molar-refractivity contribution >= 4 is 15.8 Å². The first-order valence-electron chi connectivity index (χ1n) is 17.1. The van der Waals surface area contributed by atoms with Gasteiger partial charge in [0.1, 0.15) is 11.5 Å². The van der Waals surface area contributed by atoms with Gasteiger partial charge in [0, 0.05) is 29.6 Å². The number of aliphatic hydroxyl groups is 2. The zero-order valence-corrected chi connectivity index (χ0v) is 30.2. The van der Waals surface area contributed by atoms with Crippen molar-refractivity contribution in [1.29, 1.82) is 0 Å². The minimum absolute atomic E-state index is 0.175. The Labute approximate surface area is 298 Å². The standard InChI is InChI=1S/C39H46F3NO7S/c1-26-6-5-20-37(2)35(19-21-38(37,46)25-43(51(4,47)48)24-27-8-14-32(15-9-27)50-39(40,41)42)33-18-10-28(22-30(44)13-7-26)23-34(33)36(45)29-11-16-31(49-3)17-12-29/h6,8-12,14-18,23,30,35,44,46H,5,7,13,19-22,24-25H2,1-4H3/t30-,35-,37-,38+/m0/s1. The van der Waals surface area contributed by atoms with Gasteiger partial charge < -0.3 is 19.7 Å². The zero-order valence-electron chi connectivity index (χ0n) is 29.4. The Bertz CT molecular complexity index is 1840. The van der Waals surface area contributed by atoms with Crippen LogP contribution in [0.25, 0.3) is 0 Å². The van der Waals surface area contributed by atoms with E-state index in [9.17, 15) is 36.6 Å². The highest BCUT2D eigenvalue weighted by Crippen LogP contribution is 2.59. The van der Waals surface area contributed by atoms with E-state index in [1.807, 2.05) is 32.0 Å². The van der Waals surface area contributed by atoms with Gasteiger partial charge in [-0.05, 0) is 117 Å². The summed E-state index contributed by atoms with van der Waals surface area (Å²) in [6, 6.07) is 17.5. The topological polar surface area (TPSA) is 113 Å². The van der Waals surface area contributed by atoms with Crippen molar-refractivity contribution in [2.75, 3.05) is 19.9 Å². The molecule has 0 aliphatic heterocycles. The van der Waals surface area contributed by atoms with E-state index < -0.39 is 39.3 Å². The normalized spacial score (nSPS) is 24.5. The van der Waals surface area contributed by atoms with E-state index in [1.165, 1.54) is 16.4 Å². The lowest BCUT2D eigenvalue weighted by atomic mass is 9.64. The lowest BCUT2D eigenvalue weighted by molar-refractivity contribution is -0.274. The Morgan fingerprint density at radius 1 is 1.00 bits per heavy atom. The van der Waals surface area contributed by atoms with Crippen LogP contribution in [0.4, 0.5) is 13.2 Å². The van der Waals surface area contributed by atoms with Crippen molar-refractivity contribution in [3.05, 3.63) is 106 Å². The first-order chi connectivity index (χ1) is 23.9. The van der Waals surface area contributed by atoms with Crippen LogP contribution in [-0.2, 0) is 23.0 Å². The molecule has 1 saturated carbocycles. The van der Waals surface area contributed by atoms with Crippen LogP contribution in [0.5, 0.6) is 11.5 Å². The average Bonchev–Trinajstić information content (AvgIpc) is 3.31. The molecule has 0 aromatic heterocycles. The molecule has 2 N–H and O–H groups in total. The van der Waals surface area contributed by atoms with Gasteiger partial charge in [-0.25, -0.2) is 8.42 Å². The molecule has 0 heterocycles. The van der Waals surface area contributed by atoms with E-state index in [1.54, 1.807) is 31.4 Å². The quantitative estimate of drug-likeness (QED) is 0.175. The molecular weight excluding hydrogens is 683 g/mol. The number of benzene rings is 3. The molecule has 6 rings (SSSR count). The van der Waals surface area contributed by atoms with Gasteiger partial charge in [0.05, 0.1) is 25.1 Å².